The van der Waals surface area contributed by atoms with E-state index >= 15 is 0 Å². The first-order chi connectivity index (χ1) is 8.33. The van der Waals surface area contributed by atoms with Gasteiger partial charge in [-0.05, 0) is 38.5 Å². The summed E-state index contributed by atoms with van der Waals surface area (Å²) in [4.78, 5) is 13.4. The van der Waals surface area contributed by atoms with Gasteiger partial charge in [0.15, 0.2) is 0 Å². The number of ether oxygens (including phenoxy) is 2. The van der Waals surface area contributed by atoms with Crippen molar-refractivity contribution in [2.24, 2.45) is 0 Å². The van der Waals surface area contributed by atoms with Crippen LogP contribution in [-0.4, -0.2) is 25.9 Å². The number of rotatable bonds is 3. The zero-order chi connectivity index (χ0) is 13.8. The van der Waals surface area contributed by atoms with Crippen LogP contribution in [0.4, 0.5) is 10.5 Å². The quantitative estimate of drug-likeness (QED) is 0.828. The maximum Gasteiger partial charge on any atom is 0.414 e. The Morgan fingerprint density at radius 2 is 2.00 bits per heavy atom. The van der Waals surface area contributed by atoms with Crippen molar-refractivity contribution in [1.82, 2.24) is 0 Å². The molecule has 0 unspecified atom stereocenters. The summed E-state index contributed by atoms with van der Waals surface area (Å²) in [6, 6.07) is 7.62. The number of anilines is 1. The number of carbonyl (C=O) groups is 1. The molecule has 0 N–H and O–H groups in total. The molecule has 0 aliphatic carbocycles. The second-order valence-corrected chi connectivity index (χ2v) is 5.14. The normalized spacial score (nSPS) is 11.2. The molecule has 1 aromatic carbocycles. The number of methoxy groups -OCH3 is 1. The van der Waals surface area contributed by atoms with Crippen LogP contribution < -0.4 is 4.90 Å². The molecule has 1 rings (SSSR count). The van der Waals surface area contributed by atoms with E-state index in [9.17, 15) is 4.79 Å². The van der Waals surface area contributed by atoms with Gasteiger partial charge >= 0.3 is 6.09 Å². The second kappa shape index (κ2) is 5.87. The number of benzene rings is 1. The minimum absolute atomic E-state index is 0.364. The summed E-state index contributed by atoms with van der Waals surface area (Å²) < 4.78 is 10.4. The van der Waals surface area contributed by atoms with Gasteiger partial charge in [-0.15, -0.1) is 0 Å². The summed E-state index contributed by atoms with van der Waals surface area (Å²) in [5.74, 6) is 0. The van der Waals surface area contributed by atoms with Crippen molar-refractivity contribution in [3.8, 4) is 0 Å². The number of carbonyl (C=O) groups excluding carboxylic acids is 1. The Morgan fingerprint density at radius 3 is 2.56 bits per heavy atom. The monoisotopic (exact) mass is 251 g/mol. The SMILES string of the molecule is COCc1cccc(N(C)C(=O)OC(C)(C)C)c1. The van der Waals surface area contributed by atoms with Gasteiger partial charge < -0.3 is 9.47 Å². The van der Waals surface area contributed by atoms with Gasteiger partial charge in [-0.1, -0.05) is 12.1 Å². The molecule has 4 heteroatoms. The van der Waals surface area contributed by atoms with Gasteiger partial charge in [0.1, 0.15) is 5.60 Å². The fourth-order valence-corrected chi connectivity index (χ4v) is 1.46. The highest BCUT2D eigenvalue weighted by Crippen LogP contribution is 2.18. The molecule has 0 aliphatic heterocycles. The molecule has 4 nitrogen and oxygen atoms in total. The third-order valence-electron chi connectivity index (χ3n) is 2.28. The lowest BCUT2D eigenvalue weighted by atomic mass is 10.2. The van der Waals surface area contributed by atoms with E-state index < -0.39 is 5.60 Å². The molecule has 0 aromatic heterocycles. The van der Waals surface area contributed by atoms with Gasteiger partial charge in [0.25, 0.3) is 0 Å². The van der Waals surface area contributed by atoms with E-state index in [0.717, 1.165) is 11.3 Å². The molecule has 1 amide bonds. The Labute approximate surface area is 108 Å². The molecule has 0 saturated heterocycles. The van der Waals surface area contributed by atoms with Crippen LogP contribution in [0.2, 0.25) is 0 Å². The van der Waals surface area contributed by atoms with Crippen molar-refractivity contribution in [1.29, 1.82) is 0 Å². The van der Waals surface area contributed by atoms with Crippen molar-refractivity contribution in [3.63, 3.8) is 0 Å². The van der Waals surface area contributed by atoms with E-state index in [1.54, 1.807) is 14.2 Å². The summed E-state index contributed by atoms with van der Waals surface area (Å²) in [5, 5.41) is 0. The van der Waals surface area contributed by atoms with Gasteiger partial charge in [0, 0.05) is 19.8 Å². The Balaban J connectivity index is 2.80. The summed E-state index contributed by atoms with van der Waals surface area (Å²) in [5.41, 5.74) is 1.32. The van der Waals surface area contributed by atoms with Crippen LogP contribution in [0.15, 0.2) is 24.3 Å². The Bertz CT molecular complexity index is 410. The third kappa shape index (κ3) is 4.37. The standard InChI is InChI=1S/C14H21NO3/c1-14(2,3)18-13(16)15(4)12-8-6-7-11(9-12)10-17-5/h6-9H,10H2,1-5H3. The van der Waals surface area contributed by atoms with Crippen molar-refractivity contribution in [2.75, 3.05) is 19.1 Å². The molecule has 18 heavy (non-hydrogen) atoms. The van der Waals surface area contributed by atoms with E-state index in [4.69, 9.17) is 9.47 Å². The lowest BCUT2D eigenvalue weighted by Gasteiger charge is -2.24. The molecule has 1 aromatic rings. The van der Waals surface area contributed by atoms with E-state index in [0.29, 0.717) is 6.61 Å². The summed E-state index contributed by atoms with van der Waals surface area (Å²) in [7, 11) is 3.34. The molecule has 0 spiro atoms. The first kappa shape index (κ1) is 14.5. The highest BCUT2D eigenvalue weighted by molar-refractivity contribution is 5.87. The van der Waals surface area contributed by atoms with Gasteiger partial charge in [0.2, 0.25) is 0 Å². The van der Waals surface area contributed by atoms with Gasteiger partial charge in [-0.25, -0.2) is 4.79 Å². The maximum absolute atomic E-state index is 11.9. The fraction of sp³-hybridized carbons (Fsp3) is 0.500. The van der Waals surface area contributed by atoms with Crippen molar-refractivity contribution in [2.45, 2.75) is 33.0 Å². The van der Waals surface area contributed by atoms with Crippen LogP contribution in [0.25, 0.3) is 0 Å². The van der Waals surface area contributed by atoms with E-state index in [1.807, 2.05) is 45.0 Å². The maximum atomic E-state index is 11.9. The van der Waals surface area contributed by atoms with Crippen LogP contribution in [0.1, 0.15) is 26.3 Å². The summed E-state index contributed by atoms with van der Waals surface area (Å²) in [6.07, 6.45) is -0.364. The largest absolute Gasteiger partial charge is 0.443 e. The first-order valence-corrected chi connectivity index (χ1v) is 5.88. The smallest absolute Gasteiger partial charge is 0.414 e. The van der Waals surface area contributed by atoms with Gasteiger partial charge in [-0.2, -0.15) is 0 Å². The minimum atomic E-state index is -0.491. The Kier molecular flexibility index (Phi) is 4.73. The van der Waals surface area contributed by atoms with Crippen molar-refractivity contribution >= 4 is 11.8 Å². The average Bonchev–Trinajstić information content (AvgIpc) is 2.26. The number of nitrogens with zero attached hydrogens (tertiary/aromatic N) is 1. The second-order valence-electron chi connectivity index (χ2n) is 5.14. The number of amides is 1. The van der Waals surface area contributed by atoms with Crippen LogP contribution in [-0.2, 0) is 16.1 Å². The predicted octanol–water partition coefficient (Wildman–Crippen LogP) is 3.20. The lowest BCUT2D eigenvalue weighted by molar-refractivity contribution is 0.0589. The van der Waals surface area contributed by atoms with Gasteiger partial charge in [-0.3, -0.25) is 4.90 Å². The van der Waals surface area contributed by atoms with Crippen molar-refractivity contribution in [3.05, 3.63) is 29.8 Å². The average molecular weight is 251 g/mol. The molecule has 0 fully saturated rings. The molecule has 0 radical (unpaired) electrons. The Hall–Kier alpha value is -1.55. The number of hydrogen-bond donors (Lipinski definition) is 0. The molecular formula is C14H21NO3. The molecule has 0 bridgehead atoms. The topological polar surface area (TPSA) is 38.8 Å². The van der Waals surface area contributed by atoms with E-state index in [1.165, 1.54) is 4.90 Å². The molecule has 100 valence electrons. The molecule has 0 aliphatic rings. The first-order valence-electron chi connectivity index (χ1n) is 5.88. The van der Waals surface area contributed by atoms with Crippen LogP contribution >= 0.6 is 0 Å². The summed E-state index contributed by atoms with van der Waals surface area (Å²) in [6.45, 7) is 6.07. The van der Waals surface area contributed by atoms with E-state index in [2.05, 4.69) is 0 Å². The highest BCUT2D eigenvalue weighted by Gasteiger charge is 2.20. The minimum Gasteiger partial charge on any atom is -0.443 e. The van der Waals surface area contributed by atoms with Crippen LogP contribution in [0.5, 0.6) is 0 Å². The molecule has 0 saturated carbocycles. The number of hydrogen-bond acceptors (Lipinski definition) is 3. The van der Waals surface area contributed by atoms with E-state index in [-0.39, 0.29) is 6.09 Å². The molecule has 0 atom stereocenters. The Morgan fingerprint density at radius 1 is 1.33 bits per heavy atom. The zero-order valence-corrected chi connectivity index (χ0v) is 11.7. The molecular weight excluding hydrogens is 230 g/mol. The van der Waals surface area contributed by atoms with Crippen molar-refractivity contribution < 1.29 is 14.3 Å². The predicted molar refractivity (Wildman–Crippen MR) is 71.8 cm³/mol. The third-order valence-corrected chi connectivity index (χ3v) is 2.28. The summed E-state index contributed by atoms with van der Waals surface area (Å²) >= 11 is 0. The highest BCUT2D eigenvalue weighted by atomic mass is 16.6. The fourth-order valence-electron chi connectivity index (χ4n) is 1.46. The lowest BCUT2D eigenvalue weighted by Crippen LogP contribution is -2.34. The zero-order valence-electron chi connectivity index (χ0n) is 11.7. The van der Waals surface area contributed by atoms with Crippen LogP contribution in [0, 0.1) is 0 Å². The molecule has 0 heterocycles. The van der Waals surface area contributed by atoms with Gasteiger partial charge in [0.05, 0.1) is 6.61 Å². The van der Waals surface area contributed by atoms with Crippen LogP contribution in [0.3, 0.4) is 0 Å².